The third-order valence-electron chi connectivity index (χ3n) is 3.10. The fourth-order valence-electron chi connectivity index (χ4n) is 1.95. The Bertz CT molecular complexity index is 608. The fourth-order valence-corrected chi connectivity index (χ4v) is 1.95. The van der Waals surface area contributed by atoms with Gasteiger partial charge in [0.25, 0.3) is 5.91 Å². The molecule has 23 heavy (non-hydrogen) atoms. The zero-order valence-electron chi connectivity index (χ0n) is 13.4. The molecule has 0 spiro atoms. The molecular formula is C18H21NO4. The predicted molar refractivity (Wildman–Crippen MR) is 89.4 cm³/mol. The Balaban J connectivity index is 1.91. The highest BCUT2D eigenvalue weighted by atomic mass is 16.5. The van der Waals surface area contributed by atoms with E-state index in [4.69, 9.17) is 14.2 Å². The SMILES string of the molecule is CCOc1ccc(C(=O)Nc2ccc(OCCOC)cc2)cc1. The van der Waals surface area contributed by atoms with Crippen molar-refractivity contribution in [1.29, 1.82) is 0 Å². The maximum atomic E-state index is 12.2. The standard InChI is InChI=1S/C18H21NO4/c1-3-22-16-8-4-14(5-9-16)18(20)19-15-6-10-17(11-7-15)23-13-12-21-2/h4-11H,3,12-13H2,1-2H3,(H,19,20). The van der Waals surface area contributed by atoms with E-state index in [9.17, 15) is 4.79 Å². The summed E-state index contributed by atoms with van der Waals surface area (Å²) in [7, 11) is 1.63. The summed E-state index contributed by atoms with van der Waals surface area (Å²) in [5.74, 6) is 1.32. The van der Waals surface area contributed by atoms with Crippen molar-refractivity contribution >= 4 is 11.6 Å². The predicted octanol–water partition coefficient (Wildman–Crippen LogP) is 3.36. The summed E-state index contributed by atoms with van der Waals surface area (Å²) in [6, 6.07) is 14.3. The van der Waals surface area contributed by atoms with Gasteiger partial charge in [-0.2, -0.15) is 0 Å². The number of rotatable bonds is 8. The molecule has 2 aromatic carbocycles. The van der Waals surface area contributed by atoms with E-state index in [1.54, 1.807) is 43.5 Å². The van der Waals surface area contributed by atoms with E-state index in [-0.39, 0.29) is 5.91 Å². The van der Waals surface area contributed by atoms with Gasteiger partial charge in [0, 0.05) is 18.4 Å². The number of amides is 1. The molecule has 2 aromatic rings. The van der Waals surface area contributed by atoms with Crippen LogP contribution in [-0.2, 0) is 4.74 Å². The Hall–Kier alpha value is -2.53. The molecule has 0 atom stereocenters. The van der Waals surface area contributed by atoms with Crippen molar-refractivity contribution in [2.75, 3.05) is 32.2 Å². The van der Waals surface area contributed by atoms with Crippen molar-refractivity contribution in [3.05, 3.63) is 54.1 Å². The maximum absolute atomic E-state index is 12.2. The van der Waals surface area contributed by atoms with Crippen LogP contribution >= 0.6 is 0 Å². The van der Waals surface area contributed by atoms with Crippen molar-refractivity contribution in [1.82, 2.24) is 0 Å². The first-order valence-corrected chi connectivity index (χ1v) is 7.49. The van der Waals surface area contributed by atoms with Gasteiger partial charge in [0.05, 0.1) is 13.2 Å². The quantitative estimate of drug-likeness (QED) is 0.759. The molecule has 0 aliphatic carbocycles. The zero-order valence-corrected chi connectivity index (χ0v) is 13.4. The van der Waals surface area contributed by atoms with E-state index >= 15 is 0 Å². The van der Waals surface area contributed by atoms with Gasteiger partial charge in [0.1, 0.15) is 18.1 Å². The first-order valence-electron chi connectivity index (χ1n) is 7.49. The van der Waals surface area contributed by atoms with Gasteiger partial charge in [-0.3, -0.25) is 4.79 Å². The summed E-state index contributed by atoms with van der Waals surface area (Å²) in [6.45, 7) is 3.55. The molecular weight excluding hydrogens is 294 g/mol. The van der Waals surface area contributed by atoms with Gasteiger partial charge in [0.2, 0.25) is 0 Å². The number of nitrogens with one attached hydrogen (secondary N) is 1. The minimum Gasteiger partial charge on any atom is -0.494 e. The molecule has 5 nitrogen and oxygen atoms in total. The molecule has 0 heterocycles. The van der Waals surface area contributed by atoms with Crippen molar-refractivity contribution in [3.63, 3.8) is 0 Å². The Morgan fingerprint density at radius 2 is 1.52 bits per heavy atom. The highest BCUT2D eigenvalue weighted by Crippen LogP contribution is 2.17. The van der Waals surface area contributed by atoms with Crippen LogP contribution in [0.15, 0.2) is 48.5 Å². The summed E-state index contributed by atoms with van der Waals surface area (Å²) in [5, 5.41) is 2.84. The highest BCUT2D eigenvalue weighted by Gasteiger charge is 2.06. The van der Waals surface area contributed by atoms with Gasteiger partial charge in [-0.05, 0) is 55.5 Å². The third kappa shape index (κ3) is 5.30. The van der Waals surface area contributed by atoms with Gasteiger partial charge in [0.15, 0.2) is 0 Å². The van der Waals surface area contributed by atoms with Gasteiger partial charge < -0.3 is 19.5 Å². The number of carbonyl (C=O) groups excluding carboxylic acids is 1. The van der Waals surface area contributed by atoms with Crippen molar-refractivity contribution < 1.29 is 19.0 Å². The van der Waals surface area contributed by atoms with Gasteiger partial charge in [-0.15, -0.1) is 0 Å². The maximum Gasteiger partial charge on any atom is 0.255 e. The molecule has 0 aliphatic rings. The van der Waals surface area contributed by atoms with Crippen LogP contribution in [0.5, 0.6) is 11.5 Å². The molecule has 5 heteroatoms. The number of methoxy groups -OCH3 is 1. The van der Waals surface area contributed by atoms with Crippen LogP contribution in [0.25, 0.3) is 0 Å². The van der Waals surface area contributed by atoms with E-state index < -0.39 is 0 Å². The molecule has 0 unspecified atom stereocenters. The molecule has 1 amide bonds. The van der Waals surface area contributed by atoms with Crippen LogP contribution in [0.1, 0.15) is 17.3 Å². The molecule has 0 radical (unpaired) electrons. The van der Waals surface area contributed by atoms with E-state index in [0.717, 1.165) is 11.5 Å². The van der Waals surface area contributed by atoms with Crippen molar-refractivity contribution in [2.45, 2.75) is 6.92 Å². The minimum atomic E-state index is -0.166. The second kappa shape index (κ2) is 8.80. The Labute approximate surface area is 136 Å². The molecule has 0 bridgehead atoms. The number of benzene rings is 2. The van der Waals surface area contributed by atoms with Crippen LogP contribution in [0.3, 0.4) is 0 Å². The topological polar surface area (TPSA) is 56.8 Å². The van der Waals surface area contributed by atoms with Crippen LogP contribution in [-0.4, -0.2) is 32.8 Å². The van der Waals surface area contributed by atoms with Crippen LogP contribution in [0.4, 0.5) is 5.69 Å². The summed E-state index contributed by atoms with van der Waals surface area (Å²) in [4.78, 5) is 12.2. The Morgan fingerprint density at radius 3 is 2.13 bits per heavy atom. The number of ether oxygens (including phenoxy) is 3. The van der Waals surface area contributed by atoms with Crippen LogP contribution < -0.4 is 14.8 Å². The molecule has 0 aromatic heterocycles. The molecule has 0 aliphatic heterocycles. The van der Waals surface area contributed by atoms with E-state index in [2.05, 4.69) is 5.32 Å². The lowest BCUT2D eigenvalue weighted by Crippen LogP contribution is -2.11. The minimum absolute atomic E-state index is 0.166. The normalized spacial score (nSPS) is 10.2. The molecule has 0 saturated carbocycles. The lowest BCUT2D eigenvalue weighted by atomic mass is 10.2. The van der Waals surface area contributed by atoms with Gasteiger partial charge >= 0.3 is 0 Å². The Kier molecular flexibility index (Phi) is 6.44. The fraction of sp³-hybridized carbons (Fsp3) is 0.278. The lowest BCUT2D eigenvalue weighted by Gasteiger charge is -2.09. The molecule has 1 N–H and O–H groups in total. The monoisotopic (exact) mass is 315 g/mol. The molecule has 2 rings (SSSR count). The Morgan fingerprint density at radius 1 is 0.913 bits per heavy atom. The number of carbonyl (C=O) groups is 1. The van der Waals surface area contributed by atoms with Crippen molar-refractivity contribution in [2.24, 2.45) is 0 Å². The third-order valence-corrected chi connectivity index (χ3v) is 3.10. The number of hydrogen-bond acceptors (Lipinski definition) is 4. The molecule has 0 fully saturated rings. The highest BCUT2D eigenvalue weighted by molar-refractivity contribution is 6.04. The van der Waals surface area contributed by atoms with Gasteiger partial charge in [-0.25, -0.2) is 0 Å². The van der Waals surface area contributed by atoms with Crippen LogP contribution in [0, 0.1) is 0 Å². The second-order valence-corrected chi connectivity index (χ2v) is 4.78. The summed E-state index contributed by atoms with van der Waals surface area (Å²) >= 11 is 0. The lowest BCUT2D eigenvalue weighted by molar-refractivity contribution is 0.102. The number of anilines is 1. The molecule has 0 saturated heterocycles. The largest absolute Gasteiger partial charge is 0.494 e. The molecule has 122 valence electrons. The smallest absolute Gasteiger partial charge is 0.255 e. The van der Waals surface area contributed by atoms with E-state index in [0.29, 0.717) is 31.1 Å². The summed E-state index contributed by atoms with van der Waals surface area (Å²) in [5.41, 5.74) is 1.29. The average Bonchev–Trinajstić information content (AvgIpc) is 2.57. The summed E-state index contributed by atoms with van der Waals surface area (Å²) in [6.07, 6.45) is 0. The van der Waals surface area contributed by atoms with Crippen LogP contribution in [0.2, 0.25) is 0 Å². The van der Waals surface area contributed by atoms with Gasteiger partial charge in [-0.1, -0.05) is 0 Å². The number of hydrogen-bond donors (Lipinski definition) is 1. The van der Waals surface area contributed by atoms with E-state index in [1.807, 2.05) is 19.1 Å². The van der Waals surface area contributed by atoms with E-state index in [1.165, 1.54) is 0 Å². The summed E-state index contributed by atoms with van der Waals surface area (Å²) < 4.78 is 15.8. The first kappa shape index (κ1) is 16.8. The average molecular weight is 315 g/mol. The first-order chi connectivity index (χ1) is 11.2. The zero-order chi connectivity index (χ0) is 16.5. The second-order valence-electron chi connectivity index (χ2n) is 4.78. The van der Waals surface area contributed by atoms with Crippen molar-refractivity contribution in [3.8, 4) is 11.5 Å².